The molecule has 2 N–H and O–H groups in total. The lowest BCUT2D eigenvalue weighted by Gasteiger charge is -2.22. The third-order valence-electron chi connectivity index (χ3n) is 3.50. The maximum absolute atomic E-state index is 12.3. The number of carboxylic acid groups (broad SMARTS) is 2. The molecule has 106 valence electrons. The standard InChI is InChI=1S/C14H15NO5/c1-2-8-4-3-5-9-10(8)7-15(13(9)18)11(14(19)20)6-12(16)17/h3-5,11H,2,6-7H2,1H3,(H,16,17)(H,19,20). The van der Waals surface area contributed by atoms with Gasteiger partial charge in [0.05, 0.1) is 6.42 Å². The summed E-state index contributed by atoms with van der Waals surface area (Å²) in [4.78, 5) is 35.4. The van der Waals surface area contributed by atoms with Crippen LogP contribution in [0.15, 0.2) is 18.2 Å². The van der Waals surface area contributed by atoms with Gasteiger partial charge in [-0.1, -0.05) is 19.1 Å². The van der Waals surface area contributed by atoms with Crippen LogP contribution in [-0.2, 0) is 22.6 Å². The van der Waals surface area contributed by atoms with E-state index in [4.69, 9.17) is 10.2 Å². The van der Waals surface area contributed by atoms with Crippen LogP contribution in [0.25, 0.3) is 0 Å². The highest BCUT2D eigenvalue weighted by Gasteiger charge is 2.38. The quantitative estimate of drug-likeness (QED) is 0.841. The van der Waals surface area contributed by atoms with Crippen molar-refractivity contribution >= 4 is 17.8 Å². The zero-order valence-corrected chi connectivity index (χ0v) is 11.0. The number of carbonyl (C=O) groups excluding carboxylic acids is 1. The lowest BCUT2D eigenvalue weighted by Crippen LogP contribution is -2.42. The minimum Gasteiger partial charge on any atom is -0.481 e. The molecule has 0 saturated heterocycles. The molecule has 1 aromatic rings. The lowest BCUT2D eigenvalue weighted by molar-refractivity contribution is -0.148. The molecule has 0 fully saturated rings. The highest BCUT2D eigenvalue weighted by molar-refractivity contribution is 6.01. The highest BCUT2D eigenvalue weighted by Crippen LogP contribution is 2.28. The van der Waals surface area contributed by atoms with Gasteiger partial charge in [0, 0.05) is 12.1 Å². The smallest absolute Gasteiger partial charge is 0.327 e. The summed E-state index contributed by atoms with van der Waals surface area (Å²) in [6.07, 6.45) is 0.136. The largest absolute Gasteiger partial charge is 0.481 e. The van der Waals surface area contributed by atoms with Gasteiger partial charge in [-0.2, -0.15) is 0 Å². The Morgan fingerprint density at radius 1 is 1.35 bits per heavy atom. The van der Waals surface area contributed by atoms with Crippen LogP contribution >= 0.6 is 0 Å². The molecule has 0 spiro atoms. The molecule has 2 rings (SSSR count). The fourth-order valence-corrected chi connectivity index (χ4v) is 2.50. The monoisotopic (exact) mass is 277 g/mol. The van der Waals surface area contributed by atoms with Gasteiger partial charge in [-0.3, -0.25) is 9.59 Å². The maximum Gasteiger partial charge on any atom is 0.327 e. The van der Waals surface area contributed by atoms with E-state index in [1.165, 1.54) is 0 Å². The van der Waals surface area contributed by atoms with Crippen molar-refractivity contribution < 1.29 is 24.6 Å². The van der Waals surface area contributed by atoms with Gasteiger partial charge >= 0.3 is 11.9 Å². The number of hydrogen-bond acceptors (Lipinski definition) is 3. The van der Waals surface area contributed by atoms with E-state index in [2.05, 4.69) is 0 Å². The molecule has 1 amide bonds. The van der Waals surface area contributed by atoms with Gasteiger partial charge in [0.25, 0.3) is 5.91 Å². The predicted octanol–water partition coefficient (Wildman–Crippen LogP) is 1.13. The highest BCUT2D eigenvalue weighted by atomic mass is 16.4. The molecule has 0 bridgehead atoms. The second kappa shape index (κ2) is 5.32. The van der Waals surface area contributed by atoms with Crippen molar-refractivity contribution in [1.29, 1.82) is 0 Å². The Kier molecular flexibility index (Phi) is 3.74. The van der Waals surface area contributed by atoms with Gasteiger partial charge in [0.15, 0.2) is 0 Å². The number of amides is 1. The summed E-state index contributed by atoms with van der Waals surface area (Å²) in [7, 11) is 0. The van der Waals surface area contributed by atoms with Gasteiger partial charge in [-0.05, 0) is 23.6 Å². The predicted molar refractivity (Wildman–Crippen MR) is 69.4 cm³/mol. The minimum absolute atomic E-state index is 0.155. The SMILES string of the molecule is CCc1cccc2c1CN(C(CC(=O)O)C(=O)O)C2=O. The Labute approximate surface area is 115 Å². The molecule has 1 atom stereocenters. The molecule has 1 aliphatic heterocycles. The normalized spacial score (nSPS) is 15.1. The molecule has 6 nitrogen and oxygen atoms in total. The fraction of sp³-hybridized carbons (Fsp3) is 0.357. The van der Waals surface area contributed by atoms with Gasteiger partial charge in [-0.25, -0.2) is 4.79 Å². The van der Waals surface area contributed by atoms with Gasteiger partial charge in [0.2, 0.25) is 0 Å². The van der Waals surface area contributed by atoms with Crippen molar-refractivity contribution in [3.05, 3.63) is 34.9 Å². The Morgan fingerprint density at radius 2 is 2.05 bits per heavy atom. The number of aliphatic carboxylic acids is 2. The van der Waals surface area contributed by atoms with Crippen molar-refractivity contribution in [2.75, 3.05) is 0 Å². The molecule has 0 saturated carbocycles. The van der Waals surface area contributed by atoms with E-state index in [1.54, 1.807) is 12.1 Å². The zero-order chi connectivity index (χ0) is 14.9. The first-order chi connectivity index (χ1) is 9.45. The van der Waals surface area contributed by atoms with Crippen molar-refractivity contribution in [3.63, 3.8) is 0 Å². The molecule has 0 aliphatic carbocycles. The summed E-state index contributed by atoms with van der Waals surface area (Å²) in [5.74, 6) is -2.95. The van der Waals surface area contributed by atoms with Crippen LogP contribution in [0.2, 0.25) is 0 Å². The first-order valence-corrected chi connectivity index (χ1v) is 6.32. The summed E-state index contributed by atoms with van der Waals surface area (Å²) in [5.41, 5.74) is 2.26. The number of carboxylic acids is 2. The van der Waals surface area contributed by atoms with Crippen LogP contribution in [-0.4, -0.2) is 39.0 Å². The van der Waals surface area contributed by atoms with E-state index in [9.17, 15) is 14.4 Å². The van der Waals surface area contributed by atoms with Crippen LogP contribution in [0.4, 0.5) is 0 Å². The number of benzene rings is 1. The van der Waals surface area contributed by atoms with Crippen LogP contribution < -0.4 is 0 Å². The second-order valence-corrected chi connectivity index (χ2v) is 4.68. The van der Waals surface area contributed by atoms with Crippen LogP contribution in [0.1, 0.15) is 34.8 Å². The average Bonchev–Trinajstić information content (AvgIpc) is 2.73. The topological polar surface area (TPSA) is 94.9 Å². The van der Waals surface area contributed by atoms with E-state index in [0.29, 0.717) is 5.56 Å². The van der Waals surface area contributed by atoms with E-state index in [1.807, 2.05) is 13.0 Å². The molecular formula is C14H15NO5. The molecule has 20 heavy (non-hydrogen) atoms. The Bertz CT molecular complexity index is 581. The summed E-state index contributed by atoms with van der Waals surface area (Å²) < 4.78 is 0. The minimum atomic E-state index is -1.34. The number of hydrogen-bond donors (Lipinski definition) is 2. The molecule has 1 aliphatic rings. The van der Waals surface area contributed by atoms with Gasteiger partial charge in [-0.15, -0.1) is 0 Å². The van der Waals surface area contributed by atoms with Crippen molar-refractivity contribution in [1.82, 2.24) is 4.90 Å². The third-order valence-corrected chi connectivity index (χ3v) is 3.50. The van der Waals surface area contributed by atoms with Crippen LogP contribution in [0.3, 0.4) is 0 Å². The van der Waals surface area contributed by atoms with E-state index < -0.39 is 30.3 Å². The van der Waals surface area contributed by atoms with Crippen molar-refractivity contribution in [3.8, 4) is 0 Å². The lowest BCUT2D eigenvalue weighted by atomic mass is 10.0. The van der Waals surface area contributed by atoms with Gasteiger partial charge < -0.3 is 15.1 Å². The zero-order valence-electron chi connectivity index (χ0n) is 11.0. The summed E-state index contributed by atoms with van der Waals surface area (Å²) in [5, 5.41) is 17.9. The third kappa shape index (κ3) is 2.36. The number of carbonyl (C=O) groups is 3. The molecule has 1 unspecified atom stereocenters. The summed E-state index contributed by atoms with van der Waals surface area (Å²) in [6, 6.07) is 3.96. The molecule has 1 aromatic carbocycles. The van der Waals surface area contributed by atoms with Crippen molar-refractivity contribution in [2.24, 2.45) is 0 Å². The van der Waals surface area contributed by atoms with Gasteiger partial charge in [0.1, 0.15) is 6.04 Å². The number of rotatable bonds is 5. The van der Waals surface area contributed by atoms with Crippen LogP contribution in [0.5, 0.6) is 0 Å². The van der Waals surface area contributed by atoms with Crippen LogP contribution in [0, 0.1) is 0 Å². The first-order valence-electron chi connectivity index (χ1n) is 6.32. The molecule has 0 aromatic heterocycles. The first kappa shape index (κ1) is 14.0. The summed E-state index contributed by atoms with van der Waals surface area (Å²) >= 11 is 0. The van der Waals surface area contributed by atoms with E-state index in [-0.39, 0.29) is 6.54 Å². The average molecular weight is 277 g/mol. The second-order valence-electron chi connectivity index (χ2n) is 4.68. The number of fused-ring (bicyclic) bond motifs is 1. The molecule has 6 heteroatoms. The Morgan fingerprint density at radius 3 is 2.60 bits per heavy atom. The number of aryl methyl sites for hydroxylation is 1. The van der Waals surface area contributed by atoms with E-state index in [0.717, 1.165) is 22.4 Å². The molecule has 1 heterocycles. The van der Waals surface area contributed by atoms with Crippen molar-refractivity contribution in [2.45, 2.75) is 32.4 Å². The molecule has 0 radical (unpaired) electrons. The summed E-state index contributed by atoms with van der Waals surface area (Å²) in [6.45, 7) is 2.11. The fourth-order valence-electron chi connectivity index (χ4n) is 2.50. The molecular weight excluding hydrogens is 262 g/mol. The van der Waals surface area contributed by atoms with E-state index >= 15 is 0 Å². The Hall–Kier alpha value is -2.37. The maximum atomic E-state index is 12.3. The Balaban J connectivity index is 2.35. The number of nitrogens with zero attached hydrogens (tertiary/aromatic N) is 1.